The van der Waals surface area contributed by atoms with Crippen molar-refractivity contribution in [2.45, 2.75) is 33.2 Å². The molecule has 0 saturated heterocycles. The Morgan fingerprint density at radius 1 is 1.35 bits per heavy atom. The van der Waals surface area contributed by atoms with Gasteiger partial charge in [0.05, 0.1) is 24.2 Å². The van der Waals surface area contributed by atoms with E-state index in [1.165, 1.54) is 31.5 Å². The number of nitrogens with zero attached hydrogens (tertiary/aromatic N) is 1. The number of carbonyl (C=O) groups is 3. The van der Waals surface area contributed by atoms with Crippen molar-refractivity contribution >= 4 is 41.2 Å². The number of amides is 2. The molecule has 1 aliphatic rings. The standard InChI is InChI=1S/C22H23FN4O4/c1-4-31-22(30)18(26-13(3)28)7-5-6-14-16(23)8-9-17-20(14)15(21(29)27-17)10-19-12(2)24-11-25-19/h5-6,8-11,18H,4,7H2,1-3H3,(H,24,25)(H,26,28)(H,27,29)/b6-5?,15-10-. The molecular weight excluding hydrogens is 403 g/mol. The largest absolute Gasteiger partial charge is 0.464 e. The summed E-state index contributed by atoms with van der Waals surface area (Å²) >= 11 is 0. The van der Waals surface area contributed by atoms with Gasteiger partial charge in [-0.25, -0.2) is 14.2 Å². The predicted molar refractivity (Wildman–Crippen MR) is 114 cm³/mol. The molecule has 0 saturated carbocycles. The summed E-state index contributed by atoms with van der Waals surface area (Å²) in [4.78, 5) is 43.1. The molecule has 1 aromatic heterocycles. The first-order valence-corrected chi connectivity index (χ1v) is 9.78. The summed E-state index contributed by atoms with van der Waals surface area (Å²) < 4.78 is 19.7. The second-order valence-corrected chi connectivity index (χ2v) is 6.95. The van der Waals surface area contributed by atoms with Crippen LogP contribution < -0.4 is 10.6 Å². The second kappa shape index (κ2) is 9.38. The first kappa shape index (κ1) is 21.9. The van der Waals surface area contributed by atoms with Crippen LogP contribution in [0.15, 0.2) is 24.5 Å². The summed E-state index contributed by atoms with van der Waals surface area (Å²) in [6.45, 7) is 4.95. The third kappa shape index (κ3) is 4.88. The number of rotatable bonds is 7. The smallest absolute Gasteiger partial charge is 0.328 e. The Morgan fingerprint density at radius 2 is 2.13 bits per heavy atom. The zero-order valence-electron chi connectivity index (χ0n) is 17.4. The highest BCUT2D eigenvalue weighted by molar-refractivity contribution is 6.35. The van der Waals surface area contributed by atoms with Gasteiger partial charge in [-0.2, -0.15) is 0 Å². The Hall–Kier alpha value is -3.75. The van der Waals surface area contributed by atoms with E-state index in [1.54, 1.807) is 19.1 Å². The van der Waals surface area contributed by atoms with Crippen molar-refractivity contribution < 1.29 is 23.5 Å². The Balaban J connectivity index is 1.94. The van der Waals surface area contributed by atoms with E-state index in [0.717, 1.165) is 5.69 Å². The Morgan fingerprint density at radius 3 is 2.77 bits per heavy atom. The maximum Gasteiger partial charge on any atom is 0.328 e. The van der Waals surface area contributed by atoms with E-state index >= 15 is 0 Å². The van der Waals surface area contributed by atoms with Gasteiger partial charge in [0.25, 0.3) is 5.91 Å². The number of aromatic amines is 1. The molecule has 2 aromatic rings. The molecule has 9 heteroatoms. The van der Waals surface area contributed by atoms with E-state index in [2.05, 4.69) is 20.6 Å². The maximum absolute atomic E-state index is 14.7. The number of fused-ring (bicyclic) bond motifs is 1. The molecule has 0 fully saturated rings. The first-order chi connectivity index (χ1) is 14.8. The molecule has 0 aliphatic carbocycles. The number of aryl methyl sites for hydroxylation is 1. The lowest BCUT2D eigenvalue weighted by molar-refractivity contribution is -0.147. The number of carbonyl (C=O) groups excluding carboxylic acids is 3. The van der Waals surface area contributed by atoms with E-state index in [4.69, 9.17) is 4.74 Å². The van der Waals surface area contributed by atoms with Gasteiger partial charge in [0, 0.05) is 29.4 Å². The molecule has 2 amide bonds. The zero-order valence-corrected chi connectivity index (χ0v) is 17.4. The third-order valence-corrected chi connectivity index (χ3v) is 4.71. The fourth-order valence-electron chi connectivity index (χ4n) is 3.27. The fraction of sp³-hybridized carbons (Fsp3) is 0.273. The SMILES string of the molecule is CCOC(=O)C(CC=Cc1c(F)ccc2c1/C(=C/c1nc[nH]c1C)C(=O)N2)NC(C)=O. The van der Waals surface area contributed by atoms with Crippen LogP contribution in [-0.2, 0) is 19.1 Å². The average Bonchev–Trinajstić information content (AvgIpc) is 3.26. The van der Waals surface area contributed by atoms with E-state index in [-0.39, 0.29) is 36.0 Å². The normalized spacial score (nSPS) is 15.1. The number of H-pyrrole nitrogens is 1. The van der Waals surface area contributed by atoms with E-state index in [0.29, 0.717) is 16.9 Å². The van der Waals surface area contributed by atoms with Crippen molar-refractivity contribution in [3.8, 4) is 0 Å². The summed E-state index contributed by atoms with van der Waals surface area (Å²) in [6.07, 6.45) is 6.27. The molecule has 3 rings (SSSR count). The van der Waals surface area contributed by atoms with Crippen LogP contribution in [0.2, 0.25) is 0 Å². The van der Waals surface area contributed by atoms with Gasteiger partial charge in [-0.05, 0) is 38.5 Å². The van der Waals surface area contributed by atoms with Crippen LogP contribution in [-0.4, -0.2) is 40.4 Å². The van der Waals surface area contributed by atoms with Gasteiger partial charge < -0.3 is 20.4 Å². The Bertz CT molecular complexity index is 1090. The van der Waals surface area contributed by atoms with Crippen molar-refractivity contribution in [3.05, 3.63) is 52.9 Å². The highest BCUT2D eigenvalue weighted by Crippen LogP contribution is 2.37. The van der Waals surface area contributed by atoms with Crippen molar-refractivity contribution in [3.63, 3.8) is 0 Å². The van der Waals surface area contributed by atoms with Crippen molar-refractivity contribution in [1.29, 1.82) is 0 Å². The van der Waals surface area contributed by atoms with Gasteiger partial charge in [-0.3, -0.25) is 9.59 Å². The number of halogens is 1. The molecule has 3 N–H and O–H groups in total. The number of hydrogen-bond acceptors (Lipinski definition) is 5. The van der Waals surface area contributed by atoms with Crippen LogP contribution in [0.5, 0.6) is 0 Å². The first-order valence-electron chi connectivity index (χ1n) is 9.78. The maximum atomic E-state index is 14.7. The fourth-order valence-corrected chi connectivity index (χ4v) is 3.27. The van der Waals surface area contributed by atoms with Crippen LogP contribution in [0.1, 0.15) is 42.8 Å². The lowest BCUT2D eigenvalue weighted by Gasteiger charge is -2.14. The molecule has 2 heterocycles. The van der Waals surface area contributed by atoms with Gasteiger partial charge >= 0.3 is 5.97 Å². The van der Waals surface area contributed by atoms with Crippen LogP contribution in [0.3, 0.4) is 0 Å². The highest BCUT2D eigenvalue weighted by Gasteiger charge is 2.28. The summed E-state index contributed by atoms with van der Waals surface area (Å²) in [5.41, 5.74) is 2.72. The van der Waals surface area contributed by atoms with E-state index < -0.39 is 17.8 Å². The minimum Gasteiger partial charge on any atom is -0.464 e. The third-order valence-electron chi connectivity index (χ3n) is 4.71. The summed E-state index contributed by atoms with van der Waals surface area (Å²) in [5.74, 6) is -1.84. The number of esters is 1. The molecule has 1 aromatic carbocycles. The molecule has 1 aliphatic heterocycles. The zero-order chi connectivity index (χ0) is 22.5. The summed E-state index contributed by atoms with van der Waals surface area (Å²) in [6, 6.07) is 1.87. The van der Waals surface area contributed by atoms with E-state index in [9.17, 15) is 18.8 Å². The predicted octanol–water partition coefficient (Wildman–Crippen LogP) is 2.82. The van der Waals surface area contributed by atoms with Crippen LogP contribution in [0, 0.1) is 12.7 Å². The molecule has 162 valence electrons. The molecule has 0 radical (unpaired) electrons. The number of hydrogen-bond donors (Lipinski definition) is 3. The molecule has 0 spiro atoms. The number of ether oxygens (including phenoxy) is 1. The number of nitrogens with one attached hydrogen (secondary N) is 3. The lowest BCUT2D eigenvalue weighted by atomic mass is 9.98. The minimum atomic E-state index is -0.894. The molecule has 8 nitrogen and oxygen atoms in total. The van der Waals surface area contributed by atoms with Crippen molar-refractivity contribution in [1.82, 2.24) is 15.3 Å². The Kier molecular flexibility index (Phi) is 6.64. The number of imidazole rings is 1. The summed E-state index contributed by atoms with van der Waals surface area (Å²) in [7, 11) is 0. The minimum absolute atomic E-state index is 0.0976. The van der Waals surface area contributed by atoms with Crippen LogP contribution in [0.4, 0.5) is 10.1 Å². The van der Waals surface area contributed by atoms with E-state index in [1.807, 2.05) is 6.92 Å². The monoisotopic (exact) mass is 426 g/mol. The molecule has 1 atom stereocenters. The highest BCUT2D eigenvalue weighted by atomic mass is 19.1. The quantitative estimate of drug-likeness (QED) is 0.465. The lowest BCUT2D eigenvalue weighted by Crippen LogP contribution is -2.40. The Labute approximate surface area is 178 Å². The molecule has 1 unspecified atom stereocenters. The van der Waals surface area contributed by atoms with Gasteiger partial charge in [0.1, 0.15) is 11.9 Å². The summed E-state index contributed by atoms with van der Waals surface area (Å²) in [5, 5.41) is 5.25. The topological polar surface area (TPSA) is 113 Å². The van der Waals surface area contributed by atoms with Gasteiger partial charge in [0.15, 0.2) is 0 Å². The van der Waals surface area contributed by atoms with Crippen molar-refractivity contribution in [2.75, 3.05) is 11.9 Å². The molecular formula is C22H23FN4O4. The number of aromatic nitrogens is 2. The second-order valence-electron chi connectivity index (χ2n) is 6.95. The molecule has 31 heavy (non-hydrogen) atoms. The van der Waals surface area contributed by atoms with Gasteiger partial charge in [0.2, 0.25) is 5.91 Å². The number of anilines is 1. The van der Waals surface area contributed by atoms with Crippen LogP contribution in [0.25, 0.3) is 17.7 Å². The van der Waals surface area contributed by atoms with Gasteiger partial charge in [-0.15, -0.1) is 0 Å². The van der Waals surface area contributed by atoms with Gasteiger partial charge in [-0.1, -0.05) is 12.2 Å². The molecule has 0 bridgehead atoms. The van der Waals surface area contributed by atoms with Crippen molar-refractivity contribution in [2.24, 2.45) is 0 Å². The average molecular weight is 426 g/mol. The van der Waals surface area contributed by atoms with Crippen LogP contribution >= 0.6 is 0 Å². The number of benzene rings is 1.